The maximum Gasteiger partial charge on any atom is 0.261 e. The third kappa shape index (κ3) is 4.85. The van der Waals surface area contributed by atoms with Crippen molar-refractivity contribution in [2.24, 2.45) is 0 Å². The van der Waals surface area contributed by atoms with Crippen LogP contribution in [0.5, 0.6) is 5.75 Å². The molecule has 0 heterocycles. The molecule has 0 fully saturated rings. The fourth-order valence-corrected chi connectivity index (χ4v) is 3.01. The second kappa shape index (κ2) is 8.19. The highest BCUT2D eigenvalue weighted by atomic mass is 16.5. The Bertz CT molecular complexity index is 752. The fraction of sp³-hybridized carbons (Fsp3) is 0.409. The number of nitrogens with one attached hydrogen (secondary N) is 1. The number of carbonyl (C=O) groups excluding carboxylic acids is 1. The maximum absolute atomic E-state index is 12.7. The van der Waals surface area contributed by atoms with E-state index in [9.17, 15) is 4.79 Å². The van der Waals surface area contributed by atoms with Gasteiger partial charge in [-0.2, -0.15) is 0 Å². The number of aryl methyl sites for hydroxylation is 4. The smallest absolute Gasteiger partial charge is 0.261 e. The summed E-state index contributed by atoms with van der Waals surface area (Å²) in [5.41, 5.74) is 5.72. The molecule has 0 aliphatic heterocycles. The lowest BCUT2D eigenvalue weighted by molar-refractivity contribution is -0.128. The van der Waals surface area contributed by atoms with Crippen molar-refractivity contribution in [3.05, 3.63) is 64.2 Å². The van der Waals surface area contributed by atoms with E-state index < -0.39 is 6.10 Å². The first-order valence-corrected chi connectivity index (χ1v) is 8.93. The molecule has 0 aliphatic rings. The first kappa shape index (κ1) is 19.0. The third-order valence-electron chi connectivity index (χ3n) is 4.53. The molecule has 2 atom stereocenters. The average Bonchev–Trinajstić information content (AvgIpc) is 2.55. The highest BCUT2D eigenvalue weighted by molar-refractivity contribution is 5.81. The topological polar surface area (TPSA) is 38.3 Å². The lowest BCUT2D eigenvalue weighted by Gasteiger charge is -2.22. The molecule has 2 rings (SSSR count). The van der Waals surface area contributed by atoms with Crippen molar-refractivity contribution in [2.75, 3.05) is 0 Å². The van der Waals surface area contributed by atoms with Crippen LogP contribution >= 0.6 is 0 Å². The average molecular weight is 339 g/mol. The van der Waals surface area contributed by atoms with Crippen LogP contribution in [0.4, 0.5) is 0 Å². The largest absolute Gasteiger partial charge is 0.480 e. The summed E-state index contributed by atoms with van der Waals surface area (Å²) >= 11 is 0. The summed E-state index contributed by atoms with van der Waals surface area (Å²) in [6, 6.07) is 12.3. The molecular weight excluding hydrogens is 310 g/mol. The van der Waals surface area contributed by atoms with Gasteiger partial charge >= 0.3 is 0 Å². The van der Waals surface area contributed by atoms with Gasteiger partial charge in [0.25, 0.3) is 5.91 Å². The van der Waals surface area contributed by atoms with Crippen LogP contribution in [-0.4, -0.2) is 12.0 Å². The van der Waals surface area contributed by atoms with Gasteiger partial charge < -0.3 is 10.1 Å². The van der Waals surface area contributed by atoms with Gasteiger partial charge in [-0.15, -0.1) is 0 Å². The monoisotopic (exact) mass is 339 g/mol. The number of amides is 1. The number of carbonyl (C=O) groups is 1. The van der Waals surface area contributed by atoms with Gasteiger partial charge in [-0.25, -0.2) is 0 Å². The molecule has 2 aromatic carbocycles. The summed E-state index contributed by atoms with van der Waals surface area (Å²) in [5.74, 6) is 0.706. The minimum Gasteiger partial charge on any atom is -0.480 e. The Morgan fingerprint density at radius 1 is 1.00 bits per heavy atom. The summed E-state index contributed by atoms with van der Waals surface area (Å²) in [4.78, 5) is 12.7. The van der Waals surface area contributed by atoms with E-state index in [2.05, 4.69) is 37.4 Å². The fourth-order valence-electron chi connectivity index (χ4n) is 3.01. The van der Waals surface area contributed by atoms with Gasteiger partial charge in [-0.05, 0) is 69.4 Å². The second-order valence-electron chi connectivity index (χ2n) is 6.87. The number of rotatable bonds is 6. The van der Waals surface area contributed by atoms with Crippen LogP contribution in [-0.2, 0) is 4.79 Å². The van der Waals surface area contributed by atoms with Crippen LogP contribution in [0, 0.1) is 27.7 Å². The Kier molecular flexibility index (Phi) is 6.24. The van der Waals surface area contributed by atoms with E-state index in [4.69, 9.17) is 4.74 Å². The summed E-state index contributed by atoms with van der Waals surface area (Å²) in [6.07, 6.45) is 0.132. The highest BCUT2D eigenvalue weighted by Crippen LogP contribution is 2.22. The van der Waals surface area contributed by atoms with E-state index in [0.717, 1.165) is 22.4 Å². The van der Waals surface area contributed by atoms with Crippen molar-refractivity contribution in [1.29, 1.82) is 0 Å². The third-order valence-corrected chi connectivity index (χ3v) is 4.53. The highest BCUT2D eigenvalue weighted by Gasteiger charge is 2.22. The molecule has 0 saturated heterocycles. The second-order valence-corrected chi connectivity index (χ2v) is 6.87. The molecular formula is C22H29NO2. The van der Waals surface area contributed by atoms with Gasteiger partial charge in [0.15, 0.2) is 6.10 Å². The zero-order chi connectivity index (χ0) is 18.6. The molecule has 0 bridgehead atoms. The molecule has 134 valence electrons. The van der Waals surface area contributed by atoms with Crippen LogP contribution < -0.4 is 10.1 Å². The standard InChI is InChI=1S/C22H29NO2/c1-7-20(25-21-13-15(3)8-10-16(21)4)22(24)23-18(6)19-11-9-14(2)12-17(19)5/h8-13,18,20H,7H2,1-6H3,(H,23,24)/t18-,20-/m1/s1. The molecule has 0 unspecified atom stereocenters. The number of hydrogen-bond acceptors (Lipinski definition) is 2. The van der Waals surface area contributed by atoms with Crippen molar-refractivity contribution in [3.63, 3.8) is 0 Å². The first-order valence-electron chi connectivity index (χ1n) is 8.93. The van der Waals surface area contributed by atoms with Gasteiger partial charge in [0.1, 0.15) is 5.75 Å². The molecule has 3 heteroatoms. The molecule has 3 nitrogen and oxygen atoms in total. The Labute approximate surface area is 151 Å². The molecule has 1 amide bonds. The first-order chi connectivity index (χ1) is 11.8. The van der Waals surface area contributed by atoms with Gasteiger partial charge in [-0.1, -0.05) is 42.8 Å². The van der Waals surface area contributed by atoms with E-state index in [0.29, 0.717) is 6.42 Å². The molecule has 1 N–H and O–H groups in total. The lowest BCUT2D eigenvalue weighted by atomic mass is 10.00. The summed E-state index contributed by atoms with van der Waals surface area (Å²) in [6.45, 7) is 12.2. The normalized spacial score (nSPS) is 13.2. The van der Waals surface area contributed by atoms with Gasteiger partial charge in [0, 0.05) is 0 Å². The quantitative estimate of drug-likeness (QED) is 0.808. The molecule has 25 heavy (non-hydrogen) atoms. The summed E-state index contributed by atoms with van der Waals surface area (Å²) in [5, 5.41) is 3.10. The van der Waals surface area contributed by atoms with Crippen LogP contribution in [0.15, 0.2) is 36.4 Å². The Balaban J connectivity index is 2.10. The Morgan fingerprint density at radius 3 is 2.28 bits per heavy atom. The summed E-state index contributed by atoms with van der Waals surface area (Å²) < 4.78 is 6.01. The van der Waals surface area contributed by atoms with Crippen LogP contribution in [0.1, 0.15) is 54.1 Å². The predicted octanol–water partition coefficient (Wildman–Crippen LogP) is 4.96. The molecule has 0 aliphatic carbocycles. The number of ether oxygens (including phenoxy) is 1. The van der Waals surface area contributed by atoms with Crippen LogP contribution in [0.3, 0.4) is 0 Å². The molecule has 0 aromatic heterocycles. The van der Waals surface area contributed by atoms with E-state index >= 15 is 0 Å². The van der Waals surface area contributed by atoms with Crippen molar-refractivity contribution < 1.29 is 9.53 Å². The van der Waals surface area contributed by atoms with E-state index in [1.54, 1.807) is 0 Å². The molecule has 0 radical (unpaired) electrons. The Hall–Kier alpha value is -2.29. The predicted molar refractivity (Wildman–Crippen MR) is 103 cm³/mol. The van der Waals surface area contributed by atoms with E-state index in [1.807, 2.05) is 45.9 Å². The zero-order valence-electron chi connectivity index (χ0n) is 16.1. The number of benzene rings is 2. The van der Waals surface area contributed by atoms with Gasteiger partial charge in [0.05, 0.1) is 6.04 Å². The molecule has 2 aromatic rings. The minimum atomic E-state index is -0.492. The van der Waals surface area contributed by atoms with Crippen LogP contribution in [0.2, 0.25) is 0 Å². The van der Waals surface area contributed by atoms with Crippen LogP contribution in [0.25, 0.3) is 0 Å². The molecule has 0 saturated carbocycles. The van der Waals surface area contributed by atoms with Crippen molar-refractivity contribution in [1.82, 2.24) is 5.32 Å². The van der Waals surface area contributed by atoms with Gasteiger partial charge in [0.2, 0.25) is 0 Å². The maximum atomic E-state index is 12.7. The molecule has 0 spiro atoms. The summed E-state index contributed by atoms with van der Waals surface area (Å²) in [7, 11) is 0. The Morgan fingerprint density at radius 2 is 1.64 bits per heavy atom. The lowest BCUT2D eigenvalue weighted by Crippen LogP contribution is -2.39. The SMILES string of the molecule is CC[C@@H](Oc1cc(C)ccc1C)C(=O)N[C@H](C)c1ccc(C)cc1C. The zero-order valence-corrected chi connectivity index (χ0v) is 16.1. The van der Waals surface area contributed by atoms with Crippen molar-refractivity contribution in [3.8, 4) is 5.75 Å². The van der Waals surface area contributed by atoms with Crippen molar-refractivity contribution >= 4 is 5.91 Å². The number of hydrogen-bond donors (Lipinski definition) is 1. The van der Waals surface area contributed by atoms with Gasteiger partial charge in [-0.3, -0.25) is 4.79 Å². The van der Waals surface area contributed by atoms with E-state index in [1.165, 1.54) is 11.1 Å². The van der Waals surface area contributed by atoms with E-state index in [-0.39, 0.29) is 11.9 Å². The minimum absolute atomic E-state index is 0.0515. The van der Waals surface area contributed by atoms with Crippen molar-refractivity contribution in [2.45, 2.75) is 60.1 Å².